The summed E-state index contributed by atoms with van der Waals surface area (Å²) < 4.78 is 6.14. The number of nitrogens with one attached hydrogen (secondary N) is 4. The predicted octanol–water partition coefficient (Wildman–Crippen LogP) is 6.75. The summed E-state index contributed by atoms with van der Waals surface area (Å²) in [6.45, 7) is 6.55. The fraction of sp³-hybridized carbons (Fsp3) is 0.257. The maximum atomic E-state index is 6.14. The molecule has 0 aliphatic carbocycles. The van der Waals surface area contributed by atoms with E-state index in [4.69, 9.17) is 4.74 Å². The summed E-state index contributed by atoms with van der Waals surface area (Å²) in [5, 5.41) is 6.73. The molecular weight excluding hydrogens is 520 g/mol. The molecular formula is C35H40N6O. The summed E-state index contributed by atoms with van der Waals surface area (Å²) in [4.78, 5) is 16.1. The molecule has 5 rings (SSSR count). The molecule has 0 radical (unpaired) electrons. The van der Waals surface area contributed by atoms with Crippen molar-refractivity contribution in [3.05, 3.63) is 108 Å². The van der Waals surface area contributed by atoms with Crippen molar-refractivity contribution in [2.45, 2.75) is 45.6 Å². The van der Waals surface area contributed by atoms with Crippen molar-refractivity contribution in [2.24, 2.45) is 0 Å². The molecule has 0 amide bonds. The lowest BCUT2D eigenvalue weighted by atomic mass is 10.0. The number of likely N-dealkylation sites (N-methyl/N-ethyl adjacent to an activating group) is 1. The molecule has 3 aromatic carbocycles. The second kappa shape index (κ2) is 15.5. The average Bonchev–Trinajstić information content (AvgIpc) is 3.73. The van der Waals surface area contributed by atoms with Gasteiger partial charge < -0.3 is 25.3 Å². The van der Waals surface area contributed by atoms with Crippen molar-refractivity contribution in [1.82, 2.24) is 30.6 Å². The topological polar surface area (TPSA) is 90.7 Å². The van der Waals surface area contributed by atoms with Gasteiger partial charge in [0, 0.05) is 0 Å². The molecule has 0 aliphatic rings. The number of aromatic nitrogens is 4. The van der Waals surface area contributed by atoms with Crippen LogP contribution >= 0.6 is 0 Å². The van der Waals surface area contributed by atoms with Gasteiger partial charge in [-0.15, -0.1) is 12.8 Å². The second-order valence-electron chi connectivity index (χ2n) is 10.0. The maximum absolute atomic E-state index is 6.14. The molecule has 0 saturated carbocycles. The Hall–Kier alpha value is -4.48. The molecule has 0 unspecified atom stereocenters. The Labute approximate surface area is 249 Å². The van der Waals surface area contributed by atoms with Gasteiger partial charge in [-0.05, 0) is 54.8 Å². The van der Waals surface area contributed by atoms with Gasteiger partial charge in [-0.2, -0.15) is 0 Å². The summed E-state index contributed by atoms with van der Waals surface area (Å²) in [6, 6.07) is 27.3. The number of hydrogen-bond acceptors (Lipinski definition) is 5. The molecule has 5 aromatic rings. The normalized spacial score (nSPS) is 12.3. The molecule has 2 heterocycles. The van der Waals surface area contributed by atoms with Gasteiger partial charge in [-0.1, -0.05) is 85.8 Å². The highest BCUT2D eigenvalue weighted by atomic mass is 16.5. The Bertz CT molecular complexity index is 1500. The fourth-order valence-electron chi connectivity index (χ4n) is 4.80. The van der Waals surface area contributed by atoms with Crippen molar-refractivity contribution >= 4 is 0 Å². The first-order valence-corrected chi connectivity index (χ1v) is 14.3. The number of hydrogen-bond donors (Lipinski definition) is 4. The molecule has 0 spiro atoms. The van der Waals surface area contributed by atoms with E-state index in [9.17, 15) is 0 Å². The average molecular weight is 561 g/mol. The van der Waals surface area contributed by atoms with E-state index in [1.807, 2.05) is 37.6 Å². The minimum atomic E-state index is -0.0550. The van der Waals surface area contributed by atoms with Gasteiger partial charge in [-0.3, -0.25) is 0 Å². The Morgan fingerprint density at radius 3 is 1.95 bits per heavy atom. The van der Waals surface area contributed by atoms with Gasteiger partial charge in [0.2, 0.25) is 0 Å². The molecule has 0 saturated heterocycles. The van der Waals surface area contributed by atoms with Crippen LogP contribution in [0.1, 0.15) is 43.5 Å². The molecule has 0 fully saturated rings. The van der Waals surface area contributed by atoms with Crippen LogP contribution in [0.15, 0.2) is 91.3 Å². The van der Waals surface area contributed by atoms with E-state index in [1.165, 1.54) is 11.1 Å². The van der Waals surface area contributed by atoms with Crippen LogP contribution < -0.4 is 10.6 Å². The smallest absolute Gasteiger partial charge is 0.126 e. The van der Waals surface area contributed by atoms with E-state index in [0.29, 0.717) is 6.61 Å². The van der Waals surface area contributed by atoms with Crippen molar-refractivity contribution < 1.29 is 4.74 Å². The van der Waals surface area contributed by atoms with E-state index in [1.54, 1.807) is 0 Å². The molecule has 7 nitrogen and oxygen atoms in total. The highest BCUT2D eigenvalue weighted by molar-refractivity contribution is 5.71. The Balaban J connectivity index is 0.00000198. The zero-order chi connectivity index (χ0) is 29.7. The quantitative estimate of drug-likeness (QED) is 0.0945. The van der Waals surface area contributed by atoms with Crippen LogP contribution in [-0.2, 0) is 17.9 Å². The van der Waals surface area contributed by atoms with Crippen molar-refractivity contribution in [3.8, 4) is 46.5 Å². The summed E-state index contributed by atoms with van der Waals surface area (Å²) >= 11 is 0. The van der Waals surface area contributed by atoms with E-state index in [2.05, 4.69) is 118 Å². The molecule has 0 bridgehead atoms. The molecule has 216 valence electrons. The largest absolute Gasteiger partial charge is 0.372 e. The first-order valence-electron chi connectivity index (χ1n) is 14.3. The molecule has 7 heteroatoms. The van der Waals surface area contributed by atoms with Gasteiger partial charge in [0.05, 0.1) is 49.1 Å². The van der Waals surface area contributed by atoms with Gasteiger partial charge in [0.15, 0.2) is 0 Å². The van der Waals surface area contributed by atoms with Gasteiger partial charge in [-0.25, -0.2) is 9.97 Å². The van der Waals surface area contributed by atoms with Crippen LogP contribution in [0.5, 0.6) is 0 Å². The van der Waals surface area contributed by atoms with Gasteiger partial charge in [0.25, 0.3) is 0 Å². The number of aromatic amines is 2. The van der Waals surface area contributed by atoms with Crippen molar-refractivity contribution in [1.29, 1.82) is 0 Å². The standard InChI is InChI=1S/C33H38N6O.C2H2/c1-4-18-35-21-31-36-19-29(38-31)27-14-10-25(11-15-27)26-12-16-28(17-13-26)30-20-37-33(39-30)32(34-3)23(2)40-22-24-8-6-5-7-9-24;1-2/h5-17,19-20,23,32,34-35H,4,18,21-22H2,1-3H3,(H,36,38)(H,37,39);1-2H/t23-,32+;/m1./s1. The third-order valence-corrected chi connectivity index (χ3v) is 7.10. The SMILES string of the molecule is C#C.CCCNCc1ncc(-c2ccc(-c3ccc(-c4cnc([C@@H](NC)[C@@H](C)OCc5ccccc5)[nH]4)cc3)cc2)[nH]1. The lowest BCUT2D eigenvalue weighted by Crippen LogP contribution is -2.30. The highest BCUT2D eigenvalue weighted by Gasteiger charge is 2.21. The minimum Gasteiger partial charge on any atom is -0.372 e. The number of rotatable bonds is 13. The van der Waals surface area contributed by atoms with Gasteiger partial charge >= 0.3 is 0 Å². The Kier molecular flexibility index (Phi) is 11.2. The third-order valence-electron chi connectivity index (χ3n) is 7.10. The first kappa shape index (κ1) is 30.5. The number of terminal acetylenes is 1. The molecule has 4 N–H and O–H groups in total. The maximum Gasteiger partial charge on any atom is 0.126 e. The van der Waals surface area contributed by atoms with Crippen LogP contribution in [0.2, 0.25) is 0 Å². The molecule has 0 aliphatic heterocycles. The molecule has 42 heavy (non-hydrogen) atoms. The minimum absolute atomic E-state index is 0.0474. The number of ether oxygens (including phenoxy) is 1. The fourth-order valence-corrected chi connectivity index (χ4v) is 4.80. The van der Waals surface area contributed by atoms with Crippen LogP contribution in [-0.4, -0.2) is 39.6 Å². The van der Waals surface area contributed by atoms with E-state index in [-0.39, 0.29) is 12.1 Å². The summed E-state index contributed by atoms with van der Waals surface area (Å²) in [5.41, 5.74) is 7.73. The lowest BCUT2D eigenvalue weighted by Gasteiger charge is -2.22. The van der Waals surface area contributed by atoms with E-state index < -0.39 is 0 Å². The predicted molar refractivity (Wildman–Crippen MR) is 171 cm³/mol. The van der Waals surface area contributed by atoms with Crippen LogP contribution in [0.3, 0.4) is 0 Å². The second-order valence-corrected chi connectivity index (χ2v) is 10.0. The van der Waals surface area contributed by atoms with Crippen LogP contribution in [0, 0.1) is 12.8 Å². The summed E-state index contributed by atoms with van der Waals surface area (Å²) in [7, 11) is 1.94. The Morgan fingerprint density at radius 1 is 0.786 bits per heavy atom. The van der Waals surface area contributed by atoms with E-state index >= 15 is 0 Å². The number of nitrogens with zero attached hydrogens (tertiary/aromatic N) is 2. The van der Waals surface area contributed by atoms with Crippen molar-refractivity contribution in [3.63, 3.8) is 0 Å². The highest BCUT2D eigenvalue weighted by Crippen LogP contribution is 2.27. The van der Waals surface area contributed by atoms with Crippen molar-refractivity contribution in [2.75, 3.05) is 13.6 Å². The number of imidazole rings is 2. The Morgan fingerprint density at radius 2 is 1.36 bits per heavy atom. The molecule has 2 atom stereocenters. The third kappa shape index (κ3) is 7.83. The zero-order valence-electron chi connectivity index (χ0n) is 24.6. The summed E-state index contributed by atoms with van der Waals surface area (Å²) in [5.74, 6) is 1.82. The van der Waals surface area contributed by atoms with Gasteiger partial charge in [0.1, 0.15) is 11.6 Å². The van der Waals surface area contributed by atoms with Crippen LogP contribution in [0.25, 0.3) is 33.6 Å². The summed E-state index contributed by atoms with van der Waals surface area (Å²) in [6.07, 6.45) is 12.9. The zero-order valence-corrected chi connectivity index (χ0v) is 24.6. The van der Waals surface area contributed by atoms with Crippen LogP contribution in [0.4, 0.5) is 0 Å². The first-order chi connectivity index (χ1) is 20.6. The number of H-pyrrole nitrogens is 2. The molecule has 2 aromatic heterocycles. The van der Waals surface area contributed by atoms with E-state index in [0.717, 1.165) is 59.2 Å². The number of benzene rings is 3. The lowest BCUT2D eigenvalue weighted by molar-refractivity contribution is 0.0265. The monoisotopic (exact) mass is 560 g/mol.